The Morgan fingerprint density at radius 2 is 1.66 bits per heavy atom. The maximum Gasteiger partial charge on any atom is 0.329 e. The fourth-order valence-corrected chi connectivity index (χ4v) is 4.39. The number of carboxylic acids is 1. The molecule has 0 fully saturated rings. The van der Waals surface area contributed by atoms with Crippen LogP contribution in [0, 0.1) is 0 Å². The Bertz CT molecular complexity index is 1280. The highest BCUT2D eigenvalue weighted by Gasteiger charge is 2.41. The zero-order valence-corrected chi connectivity index (χ0v) is 25.9. The molecular weight excluding hydrogens is 574 g/mol. The molecule has 15 heteroatoms. The number of amides is 4. The molecule has 1 heterocycles. The number of likely N-dealkylation sites (N-methyl/N-ethyl adjacent to an activating group) is 1. The van der Waals surface area contributed by atoms with Gasteiger partial charge in [0.15, 0.2) is 0 Å². The molecule has 2 rings (SSSR count). The number of aliphatic carboxylic acids is 1. The first-order valence-electron chi connectivity index (χ1n) is 14.3. The number of hydrogen-bond acceptors (Lipinski definition) is 9. The van der Waals surface area contributed by atoms with E-state index in [1.807, 2.05) is 43.4 Å². The molecule has 244 valence electrons. The van der Waals surface area contributed by atoms with E-state index in [2.05, 4.69) is 26.7 Å². The number of nitrogens with zero attached hydrogens (tertiary/aromatic N) is 3. The molecule has 0 radical (unpaired) electrons. The van der Waals surface area contributed by atoms with E-state index in [4.69, 9.17) is 15.2 Å². The number of nitrogens with one attached hydrogen (secondary N) is 3. The monoisotopic (exact) mass is 619 g/mol. The van der Waals surface area contributed by atoms with Crippen molar-refractivity contribution in [3.63, 3.8) is 0 Å². The molecule has 0 aliphatic heterocycles. The molecule has 4 amide bonds. The number of hydrogen-bond donors (Lipinski definition) is 5. The lowest BCUT2D eigenvalue weighted by atomic mass is 9.95. The number of carbonyl (C=O) groups excluding carboxylic acids is 4. The molecule has 0 aliphatic rings. The molecule has 0 aliphatic carbocycles. The van der Waals surface area contributed by atoms with Crippen molar-refractivity contribution in [2.75, 3.05) is 60.7 Å². The van der Waals surface area contributed by atoms with Gasteiger partial charge in [-0.2, -0.15) is 0 Å². The molecule has 2 aromatic rings. The molecule has 1 unspecified atom stereocenters. The minimum Gasteiger partial charge on any atom is -0.479 e. The lowest BCUT2D eigenvalue weighted by molar-refractivity contribution is -0.158. The Kier molecular flexibility index (Phi) is 14.7. The van der Waals surface area contributed by atoms with Gasteiger partial charge in [-0.05, 0) is 31.5 Å². The first-order chi connectivity index (χ1) is 20.9. The number of primary amides is 1. The van der Waals surface area contributed by atoms with E-state index in [-0.39, 0.29) is 64.2 Å². The third-order valence-electron chi connectivity index (χ3n) is 7.18. The third-order valence-corrected chi connectivity index (χ3v) is 7.18. The van der Waals surface area contributed by atoms with Gasteiger partial charge in [0.2, 0.25) is 23.6 Å². The Labute approximate surface area is 257 Å². The summed E-state index contributed by atoms with van der Waals surface area (Å²) in [5.74, 6) is -3.24. The van der Waals surface area contributed by atoms with E-state index in [1.165, 1.54) is 14.0 Å². The van der Waals surface area contributed by atoms with Crippen molar-refractivity contribution < 1.29 is 38.6 Å². The van der Waals surface area contributed by atoms with E-state index in [1.54, 1.807) is 0 Å². The van der Waals surface area contributed by atoms with Crippen LogP contribution in [0.5, 0.6) is 0 Å². The Morgan fingerprint density at radius 1 is 0.977 bits per heavy atom. The lowest BCUT2D eigenvalue weighted by Gasteiger charge is -2.34. The summed E-state index contributed by atoms with van der Waals surface area (Å²) in [7, 11) is 5.09. The third kappa shape index (κ3) is 11.2. The molecular formula is C29H45N7O8. The Morgan fingerprint density at radius 3 is 2.32 bits per heavy atom. The van der Waals surface area contributed by atoms with E-state index in [9.17, 15) is 29.1 Å². The number of hydrazine groups is 1. The molecule has 1 atom stereocenters. The van der Waals surface area contributed by atoms with Crippen LogP contribution in [0.1, 0.15) is 31.9 Å². The number of ether oxygens (including phenoxy) is 2. The number of nitrogens with two attached hydrogens (primary N) is 1. The van der Waals surface area contributed by atoms with Gasteiger partial charge < -0.3 is 40.4 Å². The fraction of sp³-hybridized carbons (Fsp3) is 0.552. The van der Waals surface area contributed by atoms with Gasteiger partial charge in [-0.3, -0.25) is 24.6 Å². The molecule has 15 nitrogen and oxygen atoms in total. The highest BCUT2D eigenvalue weighted by Crippen LogP contribution is 2.21. The van der Waals surface area contributed by atoms with Crippen LogP contribution in [0.25, 0.3) is 10.9 Å². The van der Waals surface area contributed by atoms with Crippen LogP contribution in [0.3, 0.4) is 0 Å². The second-order valence-electron chi connectivity index (χ2n) is 10.5. The molecule has 6 N–H and O–H groups in total. The SMILES string of the molecule is CNN(C)Cc1cc2ccccc2n1CCC(=O)NCC(=O)NCCOCCOCCC(=O)N(C)C(C)(CC(N)=O)C(=O)O. The molecule has 1 aromatic heterocycles. The minimum absolute atomic E-state index is 0.0319. The predicted molar refractivity (Wildman–Crippen MR) is 162 cm³/mol. The predicted octanol–water partition coefficient (Wildman–Crippen LogP) is -0.570. The van der Waals surface area contributed by atoms with Crippen molar-refractivity contribution in [2.24, 2.45) is 5.73 Å². The van der Waals surface area contributed by atoms with Crippen LogP contribution in [0.2, 0.25) is 0 Å². The summed E-state index contributed by atoms with van der Waals surface area (Å²) in [5.41, 5.74) is 8.57. The average molecular weight is 620 g/mol. The van der Waals surface area contributed by atoms with Crippen molar-refractivity contribution in [3.05, 3.63) is 36.0 Å². The first-order valence-corrected chi connectivity index (χ1v) is 14.3. The average Bonchev–Trinajstić information content (AvgIpc) is 3.33. The quantitative estimate of drug-likeness (QED) is 0.0891. The first kappa shape index (κ1) is 36.1. The van der Waals surface area contributed by atoms with Crippen LogP contribution in [-0.4, -0.2) is 115 Å². The van der Waals surface area contributed by atoms with Gasteiger partial charge in [0.05, 0.1) is 52.4 Å². The van der Waals surface area contributed by atoms with Gasteiger partial charge in [-0.1, -0.05) is 18.2 Å². The maximum atomic E-state index is 12.4. The van der Waals surface area contributed by atoms with Crippen LogP contribution >= 0.6 is 0 Å². The summed E-state index contributed by atoms with van der Waals surface area (Å²) in [4.78, 5) is 60.6. The number of aryl methyl sites for hydroxylation is 1. The minimum atomic E-state index is -1.75. The standard InChI is InChI=1S/C29H45N7O8/c1-29(28(41)42,18-24(30)37)35(4)27(40)10-13-43-15-16-44-14-11-32-26(39)19-33-25(38)9-12-36-22(20-34(3)31-2)17-21-7-5-6-8-23(21)36/h5-8,17,31H,9-16,18-20H2,1-4H3,(H2,30,37)(H,32,39)(H,33,38)(H,41,42). The van der Waals surface area contributed by atoms with Gasteiger partial charge in [-0.25, -0.2) is 9.80 Å². The van der Waals surface area contributed by atoms with Crippen molar-refractivity contribution in [3.8, 4) is 0 Å². The number of aromatic nitrogens is 1. The fourth-order valence-electron chi connectivity index (χ4n) is 4.39. The van der Waals surface area contributed by atoms with Gasteiger partial charge in [0.1, 0.15) is 5.54 Å². The number of para-hydroxylation sites is 1. The Balaban J connectivity index is 1.59. The largest absolute Gasteiger partial charge is 0.479 e. The number of carboxylic acid groups (broad SMARTS) is 1. The summed E-state index contributed by atoms with van der Waals surface area (Å²) in [6, 6.07) is 10.1. The van der Waals surface area contributed by atoms with Crippen LogP contribution < -0.4 is 21.8 Å². The molecule has 0 saturated carbocycles. The molecule has 44 heavy (non-hydrogen) atoms. The van der Waals surface area contributed by atoms with Crippen LogP contribution in [0.15, 0.2) is 30.3 Å². The molecule has 0 spiro atoms. The molecule has 0 saturated heterocycles. The highest BCUT2D eigenvalue weighted by atomic mass is 16.5. The highest BCUT2D eigenvalue weighted by molar-refractivity contribution is 5.91. The Hall–Kier alpha value is -4.05. The smallest absolute Gasteiger partial charge is 0.329 e. The van der Waals surface area contributed by atoms with E-state index in [0.717, 1.165) is 21.5 Å². The molecule has 0 bridgehead atoms. The second-order valence-corrected chi connectivity index (χ2v) is 10.5. The lowest BCUT2D eigenvalue weighted by Crippen LogP contribution is -2.55. The number of fused-ring (bicyclic) bond motifs is 1. The van der Waals surface area contributed by atoms with Crippen molar-refractivity contribution in [2.45, 2.75) is 44.8 Å². The van der Waals surface area contributed by atoms with E-state index < -0.39 is 29.7 Å². The number of carbonyl (C=O) groups is 5. The maximum absolute atomic E-state index is 12.4. The van der Waals surface area contributed by atoms with Crippen molar-refractivity contribution >= 4 is 40.5 Å². The van der Waals surface area contributed by atoms with Gasteiger partial charge in [-0.15, -0.1) is 0 Å². The second kappa shape index (κ2) is 17.9. The summed E-state index contributed by atoms with van der Waals surface area (Å²) in [6.45, 7) is 3.14. The number of benzene rings is 1. The summed E-state index contributed by atoms with van der Waals surface area (Å²) < 4.78 is 12.9. The summed E-state index contributed by atoms with van der Waals surface area (Å²) in [6.07, 6.45) is -0.374. The van der Waals surface area contributed by atoms with Crippen molar-refractivity contribution in [1.82, 2.24) is 30.5 Å². The van der Waals surface area contributed by atoms with Crippen LogP contribution in [-0.2, 0) is 46.5 Å². The van der Waals surface area contributed by atoms with E-state index >= 15 is 0 Å². The van der Waals surface area contributed by atoms with Gasteiger partial charge in [0, 0.05) is 44.8 Å². The zero-order valence-electron chi connectivity index (χ0n) is 25.9. The van der Waals surface area contributed by atoms with Gasteiger partial charge in [0.25, 0.3) is 0 Å². The van der Waals surface area contributed by atoms with Gasteiger partial charge >= 0.3 is 5.97 Å². The molecule has 1 aromatic carbocycles. The normalized spacial score (nSPS) is 12.6. The summed E-state index contributed by atoms with van der Waals surface area (Å²) >= 11 is 0. The summed E-state index contributed by atoms with van der Waals surface area (Å²) in [5, 5.41) is 17.8. The zero-order chi connectivity index (χ0) is 32.7. The van der Waals surface area contributed by atoms with Crippen molar-refractivity contribution in [1.29, 1.82) is 0 Å². The number of rotatable bonds is 21. The topological polar surface area (TPSA) is 198 Å². The van der Waals surface area contributed by atoms with E-state index in [0.29, 0.717) is 13.1 Å². The van der Waals surface area contributed by atoms with Crippen LogP contribution in [0.4, 0.5) is 0 Å².